The van der Waals surface area contributed by atoms with Crippen molar-refractivity contribution in [2.45, 2.75) is 51.5 Å². The Hall–Kier alpha value is -0.570. The number of rotatable bonds is 0. The SMILES string of the molecule is CN1C(=O)CC[C@]2(C)C3=C(C=C(Br)CC3)CC[C@@H]12. The Labute approximate surface area is 117 Å². The molecule has 0 saturated carbocycles. The fourth-order valence-electron chi connectivity index (χ4n) is 4.10. The first-order valence-electron chi connectivity index (χ1n) is 6.86. The highest BCUT2D eigenvalue weighted by molar-refractivity contribution is 9.11. The first-order chi connectivity index (χ1) is 8.52. The molecular weight excluding hydrogens is 290 g/mol. The van der Waals surface area contributed by atoms with Gasteiger partial charge in [-0.2, -0.15) is 0 Å². The number of hydrogen-bond acceptors (Lipinski definition) is 1. The van der Waals surface area contributed by atoms with E-state index in [1.807, 2.05) is 11.9 Å². The van der Waals surface area contributed by atoms with Crippen molar-refractivity contribution in [3.05, 3.63) is 21.7 Å². The van der Waals surface area contributed by atoms with Gasteiger partial charge in [-0.25, -0.2) is 0 Å². The first-order valence-corrected chi connectivity index (χ1v) is 7.66. The Morgan fingerprint density at radius 1 is 1.33 bits per heavy atom. The van der Waals surface area contributed by atoms with Crippen LogP contribution in [0.5, 0.6) is 0 Å². The molecule has 3 heteroatoms. The third kappa shape index (κ3) is 1.70. The zero-order valence-electron chi connectivity index (χ0n) is 11.1. The van der Waals surface area contributed by atoms with Crippen LogP contribution in [0.2, 0.25) is 0 Å². The predicted molar refractivity (Wildman–Crippen MR) is 76.4 cm³/mol. The fraction of sp³-hybridized carbons (Fsp3) is 0.667. The van der Waals surface area contributed by atoms with E-state index in [9.17, 15) is 4.79 Å². The Morgan fingerprint density at radius 3 is 2.89 bits per heavy atom. The molecular formula is C15H20BrNO. The Balaban J connectivity index is 2.03. The van der Waals surface area contributed by atoms with Crippen molar-refractivity contribution in [2.75, 3.05) is 7.05 Å². The van der Waals surface area contributed by atoms with Crippen molar-refractivity contribution in [1.82, 2.24) is 4.90 Å². The number of carbonyl (C=O) groups is 1. The lowest BCUT2D eigenvalue weighted by molar-refractivity contribution is -0.139. The maximum atomic E-state index is 11.9. The van der Waals surface area contributed by atoms with E-state index in [2.05, 4.69) is 28.9 Å². The molecule has 0 aromatic rings. The number of fused-ring (bicyclic) bond motifs is 2. The molecule has 0 N–H and O–H groups in total. The van der Waals surface area contributed by atoms with E-state index in [0.29, 0.717) is 18.4 Å². The highest BCUT2D eigenvalue weighted by Crippen LogP contribution is 2.52. The lowest BCUT2D eigenvalue weighted by Gasteiger charge is -2.52. The Bertz CT molecular complexity index is 465. The number of nitrogens with zero attached hydrogens (tertiary/aromatic N) is 1. The number of carbonyl (C=O) groups excluding carboxylic acids is 1. The van der Waals surface area contributed by atoms with Gasteiger partial charge in [0, 0.05) is 24.9 Å². The second-order valence-electron chi connectivity index (χ2n) is 6.07. The van der Waals surface area contributed by atoms with Crippen molar-refractivity contribution in [3.63, 3.8) is 0 Å². The van der Waals surface area contributed by atoms with Gasteiger partial charge in [0.25, 0.3) is 0 Å². The number of halogens is 1. The second-order valence-corrected chi connectivity index (χ2v) is 7.09. The van der Waals surface area contributed by atoms with Crippen molar-refractivity contribution in [3.8, 4) is 0 Å². The molecule has 0 bridgehead atoms. The largest absolute Gasteiger partial charge is 0.342 e. The molecule has 1 amide bonds. The van der Waals surface area contributed by atoms with E-state index < -0.39 is 0 Å². The van der Waals surface area contributed by atoms with E-state index in [1.54, 1.807) is 5.57 Å². The zero-order chi connectivity index (χ0) is 12.9. The number of piperidine rings is 1. The van der Waals surface area contributed by atoms with Crippen LogP contribution in [0.3, 0.4) is 0 Å². The van der Waals surface area contributed by atoms with Gasteiger partial charge in [-0.05, 0) is 48.2 Å². The van der Waals surface area contributed by atoms with Gasteiger partial charge in [-0.15, -0.1) is 0 Å². The quantitative estimate of drug-likeness (QED) is 0.667. The molecule has 0 aromatic heterocycles. The average molecular weight is 310 g/mol. The van der Waals surface area contributed by atoms with Gasteiger partial charge in [0.1, 0.15) is 0 Å². The molecule has 3 rings (SSSR count). The summed E-state index contributed by atoms with van der Waals surface area (Å²) in [5.74, 6) is 0.328. The molecule has 0 spiro atoms. The molecule has 0 unspecified atom stereocenters. The Kier molecular flexibility index (Phi) is 2.92. The van der Waals surface area contributed by atoms with E-state index in [1.165, 1.54) is 16.5 Å². The van der Waals surface area contributed by atoms with Gasteiger partial charge < -0.3 is 4.90 Å². The highest BCUT2D eigenvalue weighted by Gasteiger charge is 2.47. The fourth-order valence-corrected chi connectivity index (χ4v) is 4.57. The van der Waals surface area contributed by atoms with E-state index in [4.69, 9.17) is 0 Å². The number of likely N-dealkylation sites (tertiary alicyclic amines) is 1. The van der Waals surface area contributed by atoms with E-state index in [0.717, 1.165) is 25.7 Å². The van der Waals surface area contributed by atoms with Crippen LogP contribution in [0, 0.1) is 5.41 Å². The third-order valence-corrected chi connectivity index (χ3v) is 5.79. The smallest absolute Gasteiger partial charge is 0.222 e. The van der Waals surface area contributed by atoms with Crippen molar-refractivity contribution in [1.29, 1.82) is 0 Å². The molecule has 0 aromatic carbocycles. The van der Waals surface area contributed by atoms with Crippen LogP contribution in [0.4, 0.5) is 0 Å². The summed E-state index contributed by atoms with van der Waals surface area (Å²) in [4.78, 5) is 13.9. The standard InChI is InChI=1S/C15H20BrNO/c1-15-8-7-14(18)17(2)13(15)6-3-10-9-11(16)4-5-12(10)15/h9,13H,3-8H2,1-2H3/t13-,15-/m1/s1. The van der Waals surface area contributed by atoms with Gasteiger partial charge in [-0.3, -0.25) is 4.79 Å². The lowest BCUT2D eigenvalue weighted by atomic mass is 9.61. The van der Waals surface area contributed by atoms with Crippen molar-refractivity contribution in [2.24, 2.45) is 5.41 Å². The van der Waals surface area contributed by atoms with Crippen molar-refractivity contribution < 1.29 is 4.79 Å². The maximum absolute atomic E-state index is 11.9. The van der Waals surface area contributed by atoms with Crippen LogP contribution < -0.4 is 0 Å². The van der Waals surface area contributed by atoms with Crippen LogP contribution in [0.1, 0.15) is 45.4 Å². The molecule has 18 heavy (non-hydrogen) atoms. The van der Waals surface area contributed by atoms with Gasteiger partial charge in [0.05, 0.1) is 0 Å². The van der Waals surface area contributed by atoms with Crippen molar-refractivity contribution >= 4 is 21.8 Å². The van der Waals surface area contributed by atoms with Crippen LogP contribution in [0.25, 0.3) is 0 Å². The third-order valence-electron chi connectivity index (χ3n) is 5.16. The first kappa shape index (κ1) is 12.5. The highest BCUT2D eigenvalue weighted by atomic mass is 79.9. The molecule has 0 radical (unpaired) electrons. The summed E-state index contributed by atoms with van der Waals surface area (Å²) in [5, 5.41) is 0. The van der Waals surface area contributed by atoms with Gasteiger partial charge in [-0.1, -0.05) is 28.4 Å². The normalized spacial score (nSPS) is 36.2. The molecule has 98 valence electrons. The average Bonchev–Trinajstić information content (AvgIpc) is 2.34. The van der Waals surface area contributed by atoms with E-state index >= 15 is 0 Å². The second kappa shape index (κ2) is 4.22. The molecule has 1 aliphatic heterocycles. The number of hydrogen-bond donors (Lipinski definition) is 0. The summed E-state index contributed by atoms with van der Waals surface area (Å²) < 4.78 is 1.34. The monoisotopic (exact) mass is 309 g/mol. The lowest BCUT2D eigenvalue weighted by Crippen LogP contribution is -2.54. The maximum Gasteiger partial charge on any atom is 0.222 e. The number of allylic oxidation sites excluding steroid dienone is 3. The topological polar surface area (TPSA) is 20.3 Å². The summed E-state index contributed by atoms with van der Waals surface area (Å²) >= 11 is 3.64. The predicted octanol–water partition coefficient (Wildman–Crippen LogP) is 3.78. The molecule has 2 aliphatic carbocycles. The van der Waals surface area contributed by atoms with Gasteiger partial charge in [0.2, 0.25) is 5.91 Å². The minimum atomic E-state index is 0.223. The summed E-state index contributed by atoms with van der Waals surface area (Å²) in [6, 6.07) is 0.419. The summed E-state index contributed by atoms with van der Waals surface area (Å²) in [7, 11) is 1.99. The molecule has 1 saturated heterocycles. The van der Waals surface area contributed by atoms with Gasteiger partial charge in [0.15, 0.2) is 0 Å². The van der Waals surface area contributed by atoms with Crippen LogP contribution in [-0.4, -0.2) is 23.9 Å². The number of amides is 1. The van der Waals surface area contributed by atoms with Gasteiger partial charge >= 0.3 is 0 Å². The molecule has 3 aliphatic rings. The van der Waals surface area contributed by atoms with E-state index in [-0.39, 0.29) is 5.41 Å². The molecule has 2 atom stereocenters. The van der Waals surface area contributed by atoms with Crippen LogP contribution in [-0.2, 0) is 4.79 Å². The molecule has 1 heterocycles. The summed E-state index contributed by atoms with van der Waals surface area (Å²) in [6.45, 7) is 2.38. The summed E-state index contributed by atoms with van der Waals surface area (Å²) in [5.41, 5.74) is 3.39. The minimum Gasteiger partial charge on any atom is -0.342 e. The zero-order valence-corrected chi connectivity index (χ0v) is 12.7. The Morgan fingerprint density at radius 2 is 2.11 bits per heavy atom. The summed E-state index contributed by atoms with van der Waals surface area (Å²) in [6.07, 6.45) is 8.62. The van der Waals surface area contributed by atoms with Crippen LogP contribution in [0.15, 0.2) is 21.7 Å². The minimum absolute atomic E-state index is 0.223. The molecule has 2 nitrogen and oxygen atoms in total. The van der Waals surface area contributed by atoms with Crippen LogP contribution >= 0.6 is 15.9 Å². The molecule has 1 fully saturated rings.